The lowest BCUT2D eigenvalue weighted by Gasteiger charge is -2.18. The van der Waals surface area contributed by atoms with E-state index in [1.807, 2.05) is 6.07 Å². The average molecular weight is 338 g/mol. The largest absolute Gasteiger partial charge is 0.444 e. The van der Waals surface area contributed by atoms with Crippen LogP contribution in [0.25, 0.3) is 0 Å². The summed E-state index contributed by atoms with van der Waals surface area (Å²) in [6, 6.07) is 14.8. The molecule has 2 aromatic rings. The Kier molecular flexibility index (Phi) is 4.79. The van der Waals surface area contributed by atoms with Crippen molar-refractivity contribution in [2.75, 3.05) is 0 Å². The molecule has 2 aromatic carbocycles. The van der Waals surface area contributed by atoms with Gasteiger partial charge in [-0.2, -0.15) is 0 Å². The highest BCUT2D eigenvalue weighted by Gasteiger charge is 2.31. The summed E-state index contributed by atoms with van der Waals surface area (Å²) in [5.74, 6) is -1.56. The van der Waals surface area contributed by atoms with E-state index in [9.17, 15) is 14.4 Å². The highest BCUT2D eigenvalue weighted by Crippen LogP contribution is 2.24. The number of benzene rings is 2. The molecule has 0 aromatic heterocycles. The Hall–Kier alpha value is -3.15. The zero-order chi connectivity index (χ0) is 17.8. The first kappa shape index (κ1) is 16.7. The van der Waals surface area contributed by atoms with E-state index in [0.717, 1.165) is 12.8 Å². The van der Waals surface area contributed by atoms with Gasteiger partial charge in [-0.15, -0.1) is 0 Å². The van der Waals surface area contributed by atoms with Crippen LogP contribution in [0.4, 0.5) is 0 Å². The van der Waals surface area contributed by atoms with E-state index in [-0.39, 0.29) is 17.5 Å². The fourth-order valence-corrected chi connectivity index (χ4v) is 2.35. The minimum atomic E-state index is -1.02. The van der Waals surface area contributed by atoms with Crippen molar-refractivity contribution >= 4 is 17.8 Å². The Morgan fingerprint density at radius 3 is 2.12 bits per heavy atom. The number of primary amides is 1. The van der Waals surface area contributed by atoms with Gasteiger partial charge in [0.05, 0.1) is 5.56 Å². The molecule has 25 heavy (non-hydrogen) atoms. The number of ether oxygens (including phenoxy) is 1. The monoisotopic (exact) mass is 338 g/mol. The molecule has 0 saturated heterocycles. The Morgan fingerprint density at radius 1 is 0.960 bits per heavy atom. The van der Waals surface area contributed by atoms with Gasteiger partial charge in [0.2, 0.25) is 12.0 Å². The van der Waals surface area contributed by atoms with Crippen molar-refractivity contribution in [1.82, 2.24) is 5.32 Å². The second-order valence-corrected chi connectivity index (χ2v) is 5.92. The molecule has 0 spiro atoms. The van der Waals surface area contributed by atoms with Crippen molar-refractivity contribution in [3.8, 4) is 0 Å². The van der Waals surface area contributed by atoms with Gasteiger partial charge in [-0.3, -0.25) is 9.59 Å². The van der Waals surface area contributed by atoms with E-state index in [0.29, 0.717) is 11.1 Å². The van der Waals surface area contributed by atoms with Crippen molar-refractivity contribution in [1.29, 1.82) is 0 Å². The van der Waals surface area contributed by atoms with E-state index in [1.54, 1.807) is 24.3 Å². The van der Waals surface area contributed by atoms with Gasteiger partial charge in [-0.05, 0) is 37.1 Å². The Balaban J connectivity index is 1.77. The van der Waals surface area contributed by atoms with Gasteiger partial charge in [0.25, 0.3) is 5.91 Å². The molecule has 1 fully saturated rings. The van der Waals surface area contributed by atoms with E-state index >= 15 is 0 Å². The zero-order valence-electron chi connectivity index (χ0n) is 13.5. The average Bonchev–Trinajstić information content (AvgIpc) is 3.44. The smallest absolute Gasteiger partial charge is 0.339 e. The van der Waals surface area contributed by atoms with E-state index in [4.69, 9.17) is 10.5 Å². The van der Waals surface area contributed by atoms with Crippen molar-refractivity contribution in [3.05, 3.63) is 71.3 Å². The molecule has 1 aliphatic carbocycles. The molecule has 3 N–H and O–H groups in total. The van der Waals surface area contributed by atoms with Gasteiger partial charge in [-0.25, -0.2) is 4.79 Å². The molecular formula is C19H18N2O4. The molecule has 0 aliphatic heterocycles. The Labute approximate surface area is 145 Å². The summed E-state index contributed by atoms with van der Waals surface area (Å²) in [5.41, 5.74) is 6.32. The summed E-state index contributed by atoms with van der Waals surface area (Å²) in [7, 11) is 0. The molecule has 0 unspecified atom stereocenters. The third kappa shape index (κ3) is 4.23. The summed E-state index contributed by atoms with van der Waals surface area (Å²) >= 11 is 0. The molecular weight excluding hydrogens is 320 g/mol. The van der Waals surface area contributed by atoms with Crippen LogP contribution in [0.1, 0.15) is 45.2 Å². The van der Waals surface area contributed by atoms with Crippen LogP contribution in [0, 0.1) is 0 Å². The topological polar surface area (TPSA) is 98.5 Å². The molecule has 128 valence electrons. The lowest BCUT2D eigenvalue weighted by Crippen LogP contribution is -2.33. The van der Waals surface area contributed by atoms with Crippen LogP contribution in [-0.2, 0) is 9.53 Å². The summed E-state index contributed by atoms with van der Waals surface area (Å²) in [6.45, 7) is 0. The number of amides is 2. The lowest BCUT2D eigenvalue weighted by atomic mass is 10.1. The molecule has 2 amide bonds. The van der Waals surface area contributed by atoms with Gasteiger partial charge >= 0.3 is 5.97 Å². The highest BCUT2D eigenvalue weighted by atomic mass is 16.5. The van der Waals surface area contributed by atoms with E-state index < -0.39 is 18.0 Å². The summed E-state index contributed by atoms with van der Waals surface area (Å²) in [4.78, 5) is 35.9. The fraction of sp³-hybridized carbons (Fsp3) is 0.211. The maximum Gasteiger partial charge on any atom is 0.339 e. The molecule has 1 saturated carbocycles. The predicted molar refractivity (Wildman–Crippen MR) is 90.7 cm³/mol. The van der Waals surface area contributed by atoms with Gasteiger partial charge in [-0.1, -0.05) is 30.3 Å². The number of esters is 1. The van der Waals surface area contributed by atoms with Gasteiger partial charge in [0, 0.05) is 17.2 Å². The summed E-state index contributed by atoms with van der Waals surface area (Å²) in [5, 5.41) is 2.86. The van der Waals surface area contributed by atoms with Crippen molar-refractivity contribution in [3.63, 3.8) is 0 Å². The quantitative estimate of drug-likeness (QED) is 0.787. The maximum absolute atomic E-state index is 12.5. The van der Waals surface area contributed by atoms with Gasteiger partial charge in [0.15, 0.2) is 0 Å². The summed E-state index contributed by atoms with van der Waals surface area (Å²) < 4.78 is 5.45. The minimum Gasteiger partial charge on any atom is -0.444 e. The number of carbonyl (C=O) groups is 3. The Morgan fingerprint density at radius 2 is 1.56 bits per heavy atom. The van der Waals surface area contributed by atoms with Crippen LogP contribution in [0.15, 0.2) is 54.6 Å². The van der Waals surface area contributed by atoms with Crippen LogP contribution in [0.3, 0.4) is 0 Å². The number of rotatable bonds is 6. The first-order valence-electron chi connectivity index (χ1n) is 8.01. The van der Waals surface area contributed by atoms with Crippen LogP contribution < -0.4 is 11.1 Å². The molecule has 0 bridgehead atoms. The molecule has 1 aliphatic rings. The molecule has 6 heteroatoms. The lowest BCUT2D eigenvalue weighted by molar-refractivity contribution is -0.130. The number of nitrogens with one attached hydrogen (secondary N) is 1. The molecule has 0 radical (unpaired) electrons. The Bertz CT molecular complexity index is 783. The number of hydrogen-bond acceptors (Lipinski definition) is 4. The van der Waals surface area contributed by atoms with Crippen LogP contribution in [0.5, 0.6) is 0 Å². The van der Waals surface area contributed by atoms with Crippen LogP contribution >= 0.6 is 0 Å². The van der Waals surface area contributed by atoms with Crippen molar-refractivity contribution < 1.29 is 19.1 Å². The summed E-state index contributed by atoms with van der Waals surface area (Å²) in [6.07, 6.45) is 0.857. The third-order valence-corrected chi connectivity index (χ3v) is 3.89. The zero-order valence-corrected chi connectivity index (χ0v) is 13.5. The predicted octanol–water partition coefficient (Wildman–Crippen LogP) is 1.96. The number of hydrogen-bond donors (Lipinski definition) is 2. The standard InChI is InChI=1S/C19H18N2O4/c20-17(22)13-6-8-14(9-7-13)19(24)25-16(12-4-2-1-3-5-12)18(23)21-15-10-11-15/h1-9,15-16H,10-11H2,(H2,20,22)(H,21,23)/t16-/m0/s1. The normalized spacial score (nSPS) is 14.4. The number of nitrogens with two attached hydrogens (primary N) is 1. The molecule has 6 nitrogen and oxygen atoms in total. The number of carbonyl (C=O) groups excluding carboxylic acids is 3. The molecule has 3 rings (SSSR count). The SMILES string of the molecule is NC(=O)c1ccc(C(=O)O[C@H](C(=O)NC2CC2)c2ccccc2)cc1. The third-order valence-electron chi connectivity index (χ3n) is 3.89. The van der Waals surface area contributed by atoms with E-state index in [1.165, 1.54) is 24.3 Å². The highest BCUT2D eigenvalue weighted by molar-refractivity contribution is 5.96. The minimum absolute atomic E-state index is 0.160. The maximum atomic E-state index is 12.5. The first-order valence-corrected chi connectivity index (χ1v) is 8.01. The molecule has 0 heterocycles. The van der Waals surface area contributed by atoms with E-state index in [2.05, 4.69) is 5.32 Å². The molecule has 1 atom stereocenters. The first-order chi connectivity index (χ1) is 12.0. The fourth-order valence-electron chi connectivity index (χ4n) is 2.35. The van der Waals surface area contributed by atoms with Gasteiger partial charge < -0.3 is 15.8 Å². The van der Waals surface area contributed by atoms with Crippen LogP contribution in [-0.4, -0.2) is 23.8 Å². The van der Waals surface area contributed by atoms with Crippen LogP contribution in [0.2, 0.25) is 0 Å². The van der Waals surface area contributed by atoms with Crippen molar-refractivity contribution in [2.45, 2.75) is 25.0 Å². The van der Waals surface area contributed by atoms with Gasteiger partial charge in [0.1, 0.15) is 0 Å². The second kappa shape index (κ2) is 7.17. The van der Waals surface area contributed by atoms with Crippen molar-refractivity contribution in [2.24, 2.45) is 5.73 Å². The second-order valence-electron chi connectivity index (χ2n) is 5.92.